The van der Waals surface area contributed by atoms with Crippen LogP contribution < -0.4 is 0 Å². The van der Waals surface area contributed by atoms with Gasteiger partial charge in [-0.3, -0.25) is 19.3 Å². The summed E-state index contributed by atoms with van der Waals surface area (Å²) in [7, 11) is 0. The zero-order valence-electron chi connectivity index (χ0n) is 14.0. The summed E-state index contributed by atoms with van der Waals surface area (Å²) >= 11 is 0. The molecule has 0 spiro atoms. The molecule has 1 fully saturated rings. The van der Waals surface area contributed by atoms with E-state index in [1.165, 1.54) is 17.9 Å². The van der Waals surface area contributed by atoms with E-state index in [0.29, 0.717) is 6.54 Å². The first-order valence-corrected chi connectivity index (χ1v) is 7.91. The highest BCUT2D eigenvalue weighted by Crippen LogP contribution is 2.30. The SMILES string of the molecule is C/C=C\C(=O)N(CC1CCCC(C(C)=O)C1)C(C)=O.CC. The average Bonchev–Trinajstić information content (AvgIpc) is 2.47. The fourth-order valence-corrected chi connectivity index (χ4v) is 2.69. The lowest BCUT2D eigenvalue weighted by molar-refractivity contribution is -0.141. The monoisotopic (exact) mass is 295 g/mol. The van der Waals surface area contributed by atoms with E-state index >= 15 is 0 Å². The molecule has 1 rings (SSSR count). The Balaban J connectivity index is 0.00000191. The van der Waals surface area contributed by atoms with Crippen LogP contribution in [0.5, 0.6) is 0 Å². The Labute approximate surface area is 128 Å². The van der Waals surface area contributed by atoms with Crippen LogP contribution in [0.15, 0.2) is 12.2 Å². The van der Waals surface area contributed by atoms with Gasteiger partial charge in [0.15, 0.2) is 0 Å². The molecule has 1 aliphatic carbocycles. The molecule has 120 valence electrons. The van der Waals surface area contributed by atoms with Crippen molar-refractivity contribution >= 4 is 17.6 Å². The molecule has 0 aliphatic heterocycles. The van der Waals surface area contributed by atoms with Gasteiger partial charge in [0.05, 0.1) is 0 Å². The highest BCUT2D eigenvalue weighted by molar-refractivity contribution is 6.00. The molecule has 2 amide bonds. The summed E-state index contributed by atoms with van der Waals surface area (Å²) in [5.41, 5.74) is 0. The fraction of sp³-hybridized carbons (Fsp3) is 0.706. The van der Waals surface area contributed by atoms with Crippen molar-refractivity contribution in [3.05, 3.63) is 12.2 Å². The number of Topliss-reactive ketones (excluding diaryl/α,β-unsaturated/α-hetero) is 1. The zero-order valence-corrected chi connectivity index (χ0v) is 14.0. The molecule has 0 radical (unpaired) electrons. The van der Waals surface area contributed by atoms with Crippen molar-refractivity contribution in [2.45, 2.75) is 60.3 Å². The smallest absolute Gasteiger partial charge is 0.252 e. The number of carbonyl (C=O) groups is 3. The van der Waals surface area contributed by atoms with E-state index in [1.807, 2.05) is 13.8 Å². The van der Waals surface area contributed by atoms with Crippen LogP contribution in [0.3, 0.4) is 0 Å². The predicted octanol–water partition coefficient (Wildman–Crippen LogP) is 3.36. The molecule has 21 heavy (non-hydrogen) atoms. The molecule has 0 bridgehead atoms. The number of nitrogens with zero attached hydrogens (tertiary/aromatic N) is 1. The quantitative estimate of drug-likeness (QED) is 0.747. The normalized spacial score (nSPS) is 21.4. The number of rotatable bonds is 4. The maximum Gasteiger partial charge on any atom is 0.252 e. The third kappa shape index (κ3) is 6.69. The Bertz CT molecular complexity index is 387. The van der Waals surface area contributed by atoms with E-state index in [9.17, 15) is 14.4 Å². The number of amides is 2. The number of carbonyl (C=O) groups excluding carboxylic acids is 3. The molecule has 0 aromatic heterocycles. The number of ketones is 1. The van der Waals surface area contributed by atoms with E-state index in [4.69, 9.17) is 0 Å². The van der Waals surface area contributed by atoms with Gasteiger partial charge in [-0.25, -0.2) is 0 Å². The van der Waals surface area contributed by atoms with Crippen LogP contribution in [-0.4, -0.2) is 29.0 Å². The first-order valence-electron chi connectivity index (χ1n) is 7.91. The van der Waals surface area contributed by atoms with Gasteiger partial charge in [0.2, 0.25) is 5.91 Å². The van der Waals surface area contributed by atoms with Crippen molar-refractivity contribution in [3.63, 3.8) is 0 Å². The van der Waals surface area contributed by atoms with Gasteiger partial charge in [0, 0.05) is 19.4 Å². The van der Waals surface area contributed by atoms with E-state index in [0.717, 1.165) is 25.7 Å². The molecule has 1 aliphatic rings. The van der Waals surface area contributed by atoms with Gasteiger partial charge in [-0.05, 0) is 45.1 Å². The van der Waals surface area contributed by atoms with Crippen LogP contribution in [0, 0.1) is 11.8 Å². The maximum absolute atomic E-state index is 11.8. The van der Waals surface area contributed by atoms with Crippen molar-refractivity contribution in [3.8, 4) is 0 Å². The van der Waals surface area contributed by atoms with Crippen LogP contribution in [0.25, 0.3) is 0 Å². The summed E-state index contributed by atoms with van der Waals surface area (Å²) < 4.78 is 0. The van der Waals surface area contributed by atoms with Gasteiger partial charge >= 0.3 is 0 Å². The van der Waals surface area contributed by atoms with Crippen LogP contribution in [0.2, 0.25) is 0 Å². The van der Waals surface area contributed by atoms with Gasteiger partial charge in [0.25, 0.3) is 5.91 Å². The van der Waals surface area contributed by atoms with Gasteiger partial charge in [-0.2, -0.15) is 0 Å². The molecule has 0 heterocycles. The summed E-state index contributed by atoms with van der Waals surface area (Å²) in [5.74, 6) is 0.0805. The van der Waals surface area contributed by atoms with Crippen LogP contribution in [0.4, 0.5) is 0 Å². The Morgan fingerprint density at radius 2 is 1.76 bits per heavy atom. The van der Waals surface area contributed by atoms with Gasteiger partial charge < -0.3 is 0 Å². The average molecular weight is 295 g/mol. The van der Waals surface area contributed by atoms with Gasteiger partial charge in [0.1, 0.15) is 5.78 Å². The highest BCUT2D eigenvalue weighted by Gasteiger charge is 2.28. The summed E-state index contributed by atoms with van der Waals surface area (Å²) in [6, 6.07) is 0. The third-order valence-electron chi connectivity index (χ3n) is 3.75. The summed E-state index contributed by atoms with van der Waals surface area (Å²) in [5, 5.41) is 0. The van der Waals surface area contributed by atoms with E-state index < -0.39 is 0 Å². The lowest BCUT2D eigenvalue weighted by Gasteiger charge is -2.30. The second-order valence-corrected chi connectivity index (χ2v) is 5.31. The number of allylic oxidation sites excluding steroid dienone is 1. The molecular formula is C17H29NO3. The summed E-state index contributed by atoms with van der Waals surface area (Å²) in [6.45, 7) is 9.22. The molecular weight excluding hydrogens is 266 g/mol. The van der Waals surface area contributed by atoms with Crippen molar-refractivity contribution in [2.24, 2.45) is 11.8 Å². The number of hydrogen-bond acceptors (Lipinski definition) is 3. The van der Waals surface area contributed by atoms with Crippen molar-refractivity contribution in [1.29, 1.82) is 0 Å². The van der Waals surface area contributed by atoms with Gasteiger partial charge in [-0.15, -0.1) is 0 Å². The van der Waals surface area contributed by atoms with Gasteiger partial charge in [-0.1, -0.05) is 26.3 Å². The minimum Gasteiger partial charge on any atom is -0.300 e. The molecule has 1 saturated carbocycles. The van der Waals surface area contributed by atoms with Crippen LogP contribution >= 0.6 is 0 Å². The molecule has 2 atom stereocenters. The Morgan fingerprint density at radius 3 is 2.24 bits per heavy atom. The second kappa shape index (κ2) is 10.3. The summed E-state index contributed by atoms with van der Waals surface area (Å²) in [4.78, 5) is 36.1. The minimum absolute atomic E-state index is 0.101. The minimum atomic E-state index is -0.264. The number of hydrogen-bond donors (Lipinski definition) is 0. The Hall–Kier alpha value is -1.45. The lowest BCUT2D eigenvalue weighted by Crippen LogP contribution is -2.39. The first-order chi connectivity index (χ1) is 9.95. The zero-order chi connectivity index (χ0) is 16.4. The fourth-order valence-electron chi connectivity index (χ4n) is 2.69. The van der Waals surface area contributed by atoms with Crippen LogP contribution in [0.1, 0.15) is 60.3 Å². The van der Waals surface area contributed by atoms with Crippen LogP contribution in [-0.2, 0) is 14.4 Å². The van der Waals surface area contributed by atoms with Crippen molar-refractivity contribution in [2.75, 3.05) is 6.54 Å². The lowest BCUT2D eigenvalue weighted by atomic mass is 9.79. The first kappa shape index (κ1) is 19.6. The topological polar surface area (TPSA) is 54.5 Å². The molecule has 0 saturated heterocycles. The molecule has 0 N–H and O–H groups in total. The van der Waals surface area contributed by atoms with Crippen molar-refractivity contribution < 1.29 is 14.4 Å². The van der Waals surface area contributed by atoms with E-state index in [2.05, 4.69) is 0 Å². The standard InChI is InChI=1S/C15H23NO3.C2H6/c1-4-6-15(19)16(12(3)18)10-13-7-5-8-14(9-13)11(2)17;1-2/h4,6,13-14H,5,7-10H2,1-3H3;1-2H3/b6-4-;. The molecule has 0 aromatic rings. The Morgan fingerprint density at radius 1 is 1.14 bits per heavy atom. The van der Waals surface area contributed by atoms with Crippen molar-refractivity contribution in [1.82, 2.24) is 4.90 Å². The largest absolute Gasteiger partial charge is 0.300 e. The van der Waals surface area contributed by atoms with E-state index in [1.54, 1.807) is 19.9 Å². The second-order valence-electron chi connectivity index (χ2n) is 5.31. The Kier molecular flexibility index (Phi) is 9.59. The predicted molar refractivity (Wildman–Crippen MR) is 84.7 cm³/mol. The van der Waals surface area contributed by atoms with E-state index in [-0.39, 0.29) is 29.4 Å². The third-order valence-corrected chi connectivity index (χ3v) is 3.75. The summed E-state index contributed by atoms with van der Waals surface area (Å²) in [6.07, 6.45) is 6.76. The maximum atomic E-state index is 11.8. The molecule has 4 nitrogen and oxygen atoms in total. The molecule has 0 aromatic carbocycles. The molecule has 2 unspecified atom stereocenters. The molecule has 4 heteroatoms. The highest BCUT2D eigenvalue weighted by atomic mass is 16.2. The number of imide groups is 1.